The predicted octanol–water partition coefficient (Wildman–Crippen LogP) is 2.78. The highest BCUT2D eigenvalue weighted by atomic mass is 79.9. The molecule has 0 spiro atoms. The number of benzene rings is 1. The molecule has 1 atom stereocenters. The maximum atomic E-state index is 12.5. The second kappa shape index (κ2) is 9.62. The molecular weight excluding hydrogens is 344 g/mol. The number of hydrazine groups is 1. The highest BCUT2D eigenvalue weighted by Crippen LogP contribution is 2.31. The molecule has 5 heteroatoms. The van der Waals surface area contributed by atoms with E-state index in [0.717, 1.165) is 16.5 Å². The number of carbonyl (C=O) groups excluding carboxylic acids is 1. The van der Waals surface area contributed by atoms with Crippen molar-refractivity contribution < 1.29 is 9.53 Å². The number of nitrogens with one attached hydrogen (secondary N) is 2. The van der Waals surface area contributed by atoms with Gasteiger partial charge in [0.05, 0.1) is 5.41 Å². The molecule has 120 valence electrons. The summed E-state index contributed by atoms with van der Waals surface area (Å²) in [5.74, 6) is 5.60. The molecule has 0 saturated carbocycles. The van der Waals surface area contributed by atoms with E-state index < -0.39 is 5.41 Å². The van der Waals surface area contributed by atoms with Gasteiger partial charge in [0.15, 0.2) is 0 Å². The Morgan fingerprint density at radius 1 is 1.45 bits per heavy atom. The number of hydrogen-bond donors (Lipinski definition) is 2. The van der Waals surface area contributed by atoms with Crippen LogP contribution in [0, 0.1) is 11.8 Å². The molecule has 1 aromatic rings. The quantitative estimate of drug-likeness (QED) is 0.422. The van der Waals surface area contributed by atoms with Crippen LogP contribution in [0.25, 0.3) is 0 Å². The molecule has 0 bridgehead atoms. The van der Waals surface area contributed by atoms with Crippen molar-refractivity contribution in [3.05, 3.63) is 34.3 Å². The SMILES string of the molecule is CC#CCOCCCC(C)(C(=O)NNC)c1cccc(Br)c1. The summed E-state index contributed by atoms with van der Waals surface area (Å²) in [6, 6.07) is 7.85. The van der Waals surface area contributed by atoms with Crippen molar-refractivity contribution >= 4 is 21.8 Å². The van der Waals surface area contributed by atoms with E-state index in [4.69, 9.17) is 4.74 Å². The molecule has 0 aliphatic heterocycles. The van der Waals surface area contributed by atoms with Gasteiger partial charge in [0.25, 0.3) is 0 Å². The maximum absolute atomic E-state index is 12.5. The zero-order valence-corrected chi connectivity index (χ0v) is 14.9. The Morgan fingerprint density at radius 3 is 2.86 bits per heavy atom. The van der Waals surface area contributed by atoms with Gasteiger partial charge in [0.1, 0.15) is 6.61 Å². The molecule has 4 nitrogen and oxygen atoms in total. The fourth-order valence-electron chi connectivity index (χ4n) is 2.20. The zero-order valence-electron chi connectivity index (χ0n) is 13.3. The average molecular weight is 367 g/mol. The van der Waals surface area contributed by atoms with Crippen LogP contribution in [-0.2, 0) is 14.9 Å². The topological polar surface area (TPSA) is 50.4 Å². The molecular formula is C17H23BrN2O2. The molecule has 0 fully saturated rings. The summed E-state index contributed by atoms with van der Waals surface area (Å²) in [5, 5.41) is 0. The lowest BCUT2D eigenvalue weighted by molar-refractivity contribution is -0.127. The van der Waals surface area contributed by atoms with E-state index in [1.807, 2.05) is 31.2 Å². The Labute approximate surface area is 141 Å². The molecule has 0 aliphatic rings. The van der Waals surface area contributed by atoms with Gasteiger partial charge < -0.3 is 4.74 Å². The van der Waals surface area contributed by atoms with E-state index in [0.29, 0.717) is 19.6 Å². The van der Waals surface area contributed by atoms with E-state index in [-0.39, 0.29) is 5.91 Å². The third kappa shape index (κ3) is 5.45. The number of ether oxygens (including phenoxy) is 1. The summed E-state index contributed by atoms with van der Waals surface area (Å²) in [4.78, 5) is 12.5. The van der Waals surface area contributed by atoms with Crippen LogP contribution in [0.1, 0.15) is 32.3 Å². The van der Waals surface area contributed by atoms with E-state index >= 15 is 0 Å². The van der Waals surface area contributed by atoms with Gasteiger partial charge in [0.2, 0.25) is 5.91 Å². The molecule has 1 amide bonds. The first kappa shape index (κ1) is 18.7. The standard InChI is InChI=1S/C17H23BrN2O2/c1-4-5-11-22-12-7-10-17(2,16(21)20-19-3)14-8-6-9-15(18)13-14/h6,8-9,13,19H,7,10-12H2,1-3H3,(H,20,21). The Kier molecular flexibility index (Phi) is 8.18. The second-order valence-corrected chi connectivity index (χ2v) is 6.05. The van der Waals surface area contributed by atoms with E-state index in [1.54, 1.807) is 14.0 Å². The largest absolute Gasteiger partial charge is 0.369 e. The van der Waals surface area contributed by atoms with Gasteiger partial charge in [0, 0.05) is 18.1 Å². The fraction of sp³-hybridized carbons (Fsp3) is 0.471. The van der Waals surface area contributed by atoms with Crippen LogP contribution in [0.2, 0.25) is 0 Å². The lowest BCUT2D eigenvalue weighted by Gasteiger charge is -2.29. The van der Waals surface area contributed by atoms with E-state index in [1.165, 1.54) is 0 Å². The summed E-state index contributed by atoms with van der Waals surface area (Å²) in [5.41, 5.74) is 5.77. The Morgan fingerprint density at radius 2 is 2.23 bits per heavy atom. The predicted molar refractivity (Wildman–Crippen MR) is 92.2 cm³/mol. The van der Waals surface area contributed by atoms with Crippen molar-refractivity contribution in [3.63, 3.8) is 0 Å². The molecule has 0 aromatic heterocycles. The summed E-state index contributed by atoms with van der Waals surface area (Å²) < 4.78 is 6.40. The van der Waals surface area contributed by atoms with Crippen LogP contribution < -0.4 is 10.9 Å². The summed E-state index contributed by atoms with van der Waals surface area (Å²) >= 11 is 3.47. The molecule has 1 unspecified atom stereocenters. The minimum atomic E-state index is -0.618. The molecule has 2 N–H and O–H groups in total. The maximum Gasteiger partial charge on any atom is 0.244 e. The number of carbonyl (C=O) groups is 1. The minimum Gasteiger partial charge on any atom is -0.369 e. The first-order valence-corrected chi connectivity index (χ1v) is 8.04. The molecule has 22 heavy (non-hydrogen) atoms. The summed E-state index contributed by atoms with van der Waals surface area (Å²) in [6.07, 6.45) is 1.47. The van der Waals surface area contributed by atoms with E-state index in [9.17, 15) is 4.79 Å². The highest BCUT2D eigenvalue weighted by molar-refractivity contribution is 9.10. The number of rotatable bonds is 8. The van der Waals surface area contributed by atoms with Crippen molar-refractivity contribution in [2.75, 3.05) is 20.3 Å². The highest BCUT2D eigenvalue weighted by Gasteiger charge is 2.34. The van der Waals surface area contributed by atoms with Crippen molar-refractivity contribution in [1.82, 2.24) is 10.9 Å². The van der Waals surface area contributed by atoms with Crippen LogP contribution in [0.3, 0.4) is 0 Å². The first-order chi connectivity index (χ1) is 10.5. The minimum absolute atomic E-state index is 0.0542. The normalized spacial score (nSPS) is 12.9. The third-order valence-corrected chi connectivity index (χ3v) is 4.01. The van der Waals surface area contributed by atoms with Crippen LogP contribution in [0.15, 0.2) is 28.7 Å². The van der Waals surface area contributed by atoms with Gasteiger partial charge in [-0.1, -0.05) is 34.0 Å². The smallest absolute Gasteiger partial charge is 0.244 e. The van der Waals surface area contributed by atoms with Gasteiger partial charge in [-0.15, -0.1) is 5.92 Å². The number of halogens is 1. The molecule has 1 rings (SSSR count). The van der Waals surface area contributed by atoms with Crippen LogP contribution in [-0.4, -0.2) is 26.2 Å². The molecule has 0 saturated heterocycles. The van der Waals surface area contributed by atoms with Crippen molar-refractivity contribution in [2.45, 2.75) is 32.1 Å². The Hall–Kier alpha value is -1.35. The van der Waals surface area contributed by atoms with Crippen LogP contribution >= 0.6 is 15.9 Å². The molecule has 0 heterocycles. The molecule has 0 radical (unpaired) electrons. The van der Waals surface area contributed by atoms with Crippen molar-refractivity contribution in [3.8, 4) is 11.8 Å². The summed E-state index contributed by atoms with van der Waals surface area (Å²) in [7, 11) is 1.69. The third-order valence-electron chi connectivity index (χ3n) is 3.52. The zero-order chi connectivity index (χ0) is 16.4. The molecule has 1 aromatic carbocycles. The summed E-state index contributed by atoms with van der Waals surface area (Å²) in [6.45, 7) is 4.76. The lowest BCUT2D eigenvalue weighted by Crippen LogP contribution is -2.47. The van der Waals surface area contributed by atoms with Gasteiger partial charge in [-0.2, -0.15) is 0 Å². The number of hydrogen-bond acceptors (Lipinski definition) is 3. The molecule has 0 aliphatic carbocycles. The van der Waals surface area contributed by atoms with Gasteiger partial charge in [-0.25, -0.2) is 5.43 Å². The lowest BCUT2D eigenvalue weighted by atomic mass is 9.78. The second-order valence-electron chi connectivity index (χ2n) is 5.13. The van der Waals surface area contributed by atoms with Crippen molar-refractivity contribution in [1.29, 1.82) is 0 Å². The first-order valence-electron chi connectivity index (χ1n) is 7.25. The monoisotopic (exact) mass is 366 g/mol. The van der Waals surface area contributed by atoms with Gasteiger partial charge in [-0.05, 0) is 44.4 Å². The van der Waals surface area contributed by atoms with Crippen LogP contribution in [0.5, 0.6) is 0 Å². The number of amides is 1. The fourth-order valence-corrected chi connectivity index (χ4v) is 2.59. The van der Waals surface area contributed by atoms with E-state index in [2.05, 4.69) is 38.6 Å². The Bertz CT molecular complexity index is 551. The van der Waals surface area contributed by atoms with Crippen molar-refractivity contribution in [2.24, 2.45) is 0 Å². The average Bonchev–Trinajstić information content (AvgIpc) is 2.50. The Balaban J connectivity index is 2.78. The van der Waals surface area contributed by atoms with Crippen LogP contribution in [0.4, 0.5) is 0 Å². The van der Waals surface area contributed by atoms with Gasteiger partial charge in [-0.3, -0.25) is 10.2 Å². The van der Waals surface area contributed by atoms with Gasteiger partial charge >= 0.3 is 0 Å².